The summed E-state index contributed by atoms with van der Waals surface area (Å²) in [5.41, 5.74) is -0.740. The number of carbonyl (C=O) groups excluding carboxylic acids is 1. The van der Waals surface area contributed by atoms with E-state index in [4.69, 9.17) is 11.6 Å². The lowest BCUT2D eigenvalue weighted by Crippen LogP contribution is -2.54. The summed E-state index contributed by atoms with van der Waals surface area (Å²) in [6.07, 6.45) is 6.31. The molecule has 0 aromatic carbocycles. The minimum atomic E-state index is -1.15. The lowest BCUT2D eigenvalue weighted by Gasteiger charge is -2.29. The first-order valence-corrected chi connectivity index (χ1v) is 7.78. The highest BCUT2D eigenvalue weighted by molar-refractivity contribution is 6.31. The van der Waals surface area contributed by atoms with Gasteiger partial charge in [-0.3, -0.25) is 4.79 Å². The predicted molar refractivity (Wildman–Crippen MR) is 80.7 cm³/mol. The number of aryl methyl sites for hydroxylation is 1. The van der Waals surface area contributed by atoms with Crippen molar-refractivity contribution in [2.45, 2.75) is 57.5 Å². The lowest BCUT2D eigenvalue weighted by molar-refractivity contribution is -0.145. The van der Waals surface area contributed by atoms with Crippen molar-refractivity contribution in [1.82, 2.24) is 9.88 Å². The van der Waals surface area contributed by atoms with Crippen LogP contribution in [0.25, 0.3) is 0 Å². The molecule has 0 radical (unpaired) electrons. The molecule has 1 fully saturated rings. The van der Waals surface area contributed by atoms with Crippen LogP contribution in [0.4, 0.5) is 0 Å². The van der Waals surface area contributed by atoms with Crippen molar-refractivity contribution in [1.29, 1.82) is 0 Å². The number of nitrogens with zero attached hydrogens (tertiary/aromatic N) is 1. The van der Waals surface area contributed by atoms with Gasteiger partial charge in [-0.15, -0.1) is 0 Å². The van der Waals surface area contributed by atoms with Crippen molar-refractivity contribution in [3.8, 4) is 0 Å². The zero-order chi connectivity index (χ0) is 15.5. The first-order valence-electron chi connectivity index (χ1n) is 7.40. The van der Waals surface area contributed by atoms with Crippen LogP contribution in [0.5, 0.6) is 0 Å². The molecule has 0 unspecified atom stereocenters. The number of hydrogen-bond acceptors (Lipinski definition) is 2. The Morgan fingerprint density at radius 1 is 1.33 bits per heavy atom. The normalized spacial score (nSPS) is 18.0. The summed E-state index contributed by atoms with van der Waals surface area (Å²) in [7, 11) is 0. The molecule has 1 aromatic heterocycles. The molecule has 1 aromatic rings. The molecule has 21 heavy (non-hydrogen) atoms. The molecule has 2 rings (SSSR count). The second-order valence-electron chi connectivity index (χ2n) is 5.59. The predicted octanol–water partition coefficient (Wildman–Crippen LogP) is 3.07. The van der Waals surface area contributed by atoms with E-state index in [-0.39, 0.29) is 5.91 Å². The molecular weight excluding hydrogens is 292 g/mol. The molecule has 0 saturated heterocycles. The van der Waals surface area contributed by atoms with Crippen LogP contribution in [0, 0.1) is 0 Å². The molecule has 1 heterocycles. The van der Waals surface area contributed by atoms with E-state index in [1.54, 1.807) is 16.8 Å². The summed E-state index contributed by atoms with van der Waals surface area (Å²) in [5.74, 6) is -1.31. The molecular formula is C15H21ClN2O3. The molecule has 5 nitrogen and oxygen atoms in total. The van der Waals surface area contributed by atoms with E-state index in [0.717, 1.165) is 25.7 Å². The Hall–Kier alpha value is -1.49. The van der Waals surface area contributed by atoms with Crippen LogP contribution < -0.4 is 5.32 Å². The third kappa shape index (κ3) is 3.40. The van der Waals surface area contributed by atoms with Gasteiger partial charge >= 0.3 is 5.97 Å². The van der Waals surface area contributed by atoms with Gasteiger partial charge in [0.05, 0.1) is 5.02 Å². The second kappa shape index (κ2) is 6.52. The topological polar surface area (TPSA) is 71.3 Å². The van der Waals surface area contributed by atoms with Crippen molar-refractivity contribution in [2.24, 2.45) is 0 Å². The molecule has 1 saturated carbocycles. The van der Waals surface area contributed by atoms with Gasteiger partial charge in [-0.2, -0.15) is 0 Å². The third-order valence-electron chi connectivity index (χ3n) is 4.16. The zero-order valence-corrected chi connectivity index (χ0v) is 12.9. The van der Waals surface area contributed by atoms with E-state index in [1.165, 1.54) is 0 Å². The third-order valence-corrected chi connectivity index (χ3v) is 4.36. The van der Waals surface area contributed by atoms with Crippen molar-refractivity contribution in [3.05, 3.63) is 23.0 Å². The first kappa shape index (κ1) is 15.9. The van der Waals surface area contributed by atoms with E-state index in [9.17, 15) is 14.7 Å². The van der Waals surface area contributed by atoms with Crippen molar-refractivity contribution in [3.63, 3.8) is 0 Å². The van der Waals surface area contributed by atoms with Crippen LogP contribution in [-0.4, -0.2) is 27.1 Å². The monoisotopic (exact) mass is 312 g/mol. The largest absolute Gasteiger partial charge is 0.480 e. The average molecular weight is 313 g/mol. The van der Waals surface area contributed by atoms with Gasteiger partial charge in [-0.25, -0.2) is 4.79 Å². The molecule has 1 amide bonds. The first-order chi connectivity index (χ1) is 9.98. The quantitative estimate of drug-likeness (QED) is 0.839. The fourth-order valence-electron chi connectivity index (χ4n) is 2.93. The molecule has 0 bridgehead atoms. The van der Waals surface area contributed by atoms with Gasteiger partial charge < -0.3 is 15.0 Å². The maximum absolute atomic E-state index is 12.5. The van der Waals surface area contributed by atoms with E-state index in [0.29, 0.717) is 30.1 Å². The molecule has 0 atom stereocenters. The number of nitrogens with one attached hydrogen (secondary N) is 1. The minimum Gasteiger partial charge on any atom is -0.480 e. The number of halogens is 1. The summed E-state index contributed by atoms with van der Waals surface area (Å²) in [6.45, 7) is 2.52. The Balaban J connectivity index is 2.23. The standard InChI is InChI=1S/C15H21ClN2O3/c1-2-18-10-11(16)9-12(18)13(19)17-15(14(20)21)7-5-3-4-6-8-15/h9-10H,2-8H2,1H3,(H,17,19)(H,20,21). The highest BCUT2D eigenvalue weighted by atomic mass is 35.5. The minimum absolute atomic E-state index is 0.368. The lowest BCUT2D eigenvalue weighted by atomic mass is 9.90. The van der Waals surface area contributed by atoms with E-state index in [1.807, 2.05) is 6.92 Å². The maximum atomic E-state index is 12.5. The molecule has 2 N–H and O–H groups in total. The Morgan fingerprint density at radius 2 is 1.95 bits per heavy atom. The number of hydrogen-bond donors (Lipinski definition) is 2. The smallest absolute Gasteiger partial charge is 0.329 e. The fraction of sp³-hybridized carbons (Fsp3) is 0.600. The highest BCUT2D eigenvalue weighted by Gasteiger charge is 2.40. The van der Waals surface area contributed by atoms with Gasteiger partial charge in [0.2, 0.25) is 0 Å². The molecule has 1 aliphatic carbocycles. The summed E-state index contributed by atoms with van der Waals surface area (Å²) >= 11 is 5.94. The summed E-state index contributed by atoms with van der Waals surface area (Å²) in [5, 5.41) is 12.8. The van der Waals surface area contributed by atoms with Crippen LogP contribution in [0.2, 0.25) is 5.02 Å². The number of rotatable bonds is 4. The fourth-order valence-corrected chi connectivity index (χ4v) is 3.15. The average Bonchev–Trinajstić information content (AvgIpc) is 2.67. The molecule has 0 spiro atoms. The highest BCUT2D eigenvalue weighted by Crippen LogP contribution is 2.28. The molecule has 6 heteroatoms. The SMILES string of the molecule is CCn1cc(Cl)cc1C(=O)NC1(C(=O)O)CCCCCC1. The van der Waals surface area contributed by atoms with Crippen molar-refractivity contribution in [2.75, 3.05) is 0 Å². The van der Waals surface area contributed by atoms with Gasteiger partial charge in [0.1, 0.15) is 11.2 Å². The molecule has 1 aliphatic rings. The zero-order valence-electron chi connectivity index (χ0n) is 12.2. The Morgan fingerprint density at radius 3 is 2.48 bits per heavy atom. The van der Waals surface area contributed by atoms with Gasteiger partial charge in [0.15, 0.2) is 0 Å². The molecule has 0 aliphatic heterocycles. The molecule has 116 valence electrons. The number of aromatic nitrogens is 1. The number of carbonyl (C=O) groups is 2. The second-order valence-corrected chi connectivity index (χ2v) is 6.02. The van der Waals surface area contributed by atoms with Gasteiger partial charge in [0, 0.05) is 12.7 Å². The Labute approximate surface area is 129 Å². The summed E-state index contributed by atoms with van der Waals surface area (Å²) in [4.78, 5) is 24.2. The van der Waals surface area contributed by atoms with E-state index < -0.39 is 11.5 Å². The Kier molecular flexibility index (Phi) is 4.93. The number of amides is 1. The van der Waals surface area contributed by atoms with Crippen molar-refractivity contribution >= 4 is 23.5 Å². The van der Waals surface area contributed by atoms with Gasteiger partial charge in [-0.05, 0) is 25.8 Å². The summed E-state index contributed by atoms with van der Waals surface area (Å²) in [6, 6.07) is 1.58. The van der Waals surface area contributed by atoms with E-state index in [2.05, 4.69) is 5.32 Å². The van der Waals surface area contributed by atoms with Gasteiger partial charge in [-0.1, -0.05) is 37.3 Å². The van der Waals surface area contributed by atoms with Crippen LogP contribution in [0.1, 0.15) is 55.9 Å². The number of carboxylic acid groups (broad SMARTS) is 1. The summed E-state index contributed by atoms with van der Waals surface area (Å²) < 4.78 is 1.73. The number of aliphatic carboxylic acids is 1. The van der Waals surface area contributed by atoms with E-state index >= 15 is 0 Å². The number of carboxylic acids is 1. The Bertz CT molecular complexity index is 531. The van der Waals surface area contributed by atoms with Gasteiger partial charge in [0.25, 0.3) is 5.91 Å². The van der Waals surface area contributed by atoms with Crippen LogP contribution in [0.3, 0.4) is 0 Å². The van der Waals surface area contributed by atoms with Crippen molar-refractivity contribution < 1.29 is 14.7 Å². The van der Waals surface area contributed by atoms with Crippen LogP contribution in [-0.2, 0) is 11.3 Å². The van der Waals surface area contributed by atoms with Crippen LogP contribution >= 0.6 is 11.6 Å². The maximum Gasteiger partial charge on any atom is 0.329 e. The van der Waals surface area contributed by atoms with Crippen LogP contribution in [0.15, 0.2) is 12.3 Å².